The van der Waals surface area contributed by atoms with Gasteiger partial charge in [-0.05, 0) is 12.3 Å². The minimum Gasteiger partial charge on any atom is -0.382 e. The number of rotatable bonds is 2. The lowest BCUT2D eigenvalue weighted by Crippen LogP contribution is -2.00. The minimum absolute atomic E-state index is 0.503. The highest BCUT2D eigenvalue weighted by molar-refractivity contribution is 5.23. The van der Waals surface area contributed by atoms with Gasteiger partial charge in [-0.3, -0.25) is 4.98 Å². The number of hydrogen-bond acceptors (Lipinski definition) is 3. The van der Waals surface area contributed by atoms with Gasteiger partial charge in [0.15, 0.2) is 0 Å². The Morgan fingerprint density at radius 2 is 2.18 bits per heavy atom. The summed E-state index contributed by atoms with van der Waals surface area (Å²) in [6.07, 6.45) is 4.26. The van der Waals surface area contributed by atoms with Gasteiger partial charge in [0, 0.05) is 6.20 Å². The molecule has 1 heterocycles. The Morgan fingerprint density at radius 3 is 2.73 bits per heavy atom. The van der Waals surface area contributed by atoms with Crippen LogP contribution in [0.4, 0.5) is 5.82 Å². The molecule has 0 aliphatic rings. The van der Waals surface area contributed by atoms with E-state index < -0.39 is 0 Å². The van der Waals surface area contributed by atoms with Crippen LogP contribution in [0.15, 0.2) is 12.4 Å². The minimum atomic E-state index is 0.503. The molecule has 1 aromatic rings. The molecule has 0 atom stereocenters. The summed E-state index contributed by atoms with van der Waals surface area (Å²) < 4.78 is 0. The van der Waals surface area contributed by atoms with E-state index in [0.717, 1.165) is 12.1 Å². The van der Waals surface area contributed by atoms with Crippen LogP contribution in [0, 0.1) is 5.92 Å². The average molecular weight is 151 g/mol. The fraction of sp³-hybridized carbons (Fsp3) is 0.500. The summed E-state index contributed by atoms with van der Waals surface area (Å²) in [6.45, 7) is 4.29. The molecule has 0 saturated heterocycles. The highest BCUT2D eigenvalue weighted by atomic mass is 14.9. The molecular weight excluding hydrogens is 138 g/mol. The molecular formula is C8H13N3. The Balaban J connectivity index is 2.71. The maximum atomic E-state index is 5.46. The van der Waals surface area contributed by atoms with Crippen molar-refractivity contribution in [3.63, 3.8) is 0 Å². The number of anilines is 1. The molecule has 60 valence electrons. The van der Waals surface area contributed by atoms with Gasteiger partial charge in [0.25, 0.3) is 0 Å². The summed E-state index contributed by atoms with van der Waals surface area (Å²) in [6, 6.07) is 0. The molecule has 0 aliphatic carbocycles. The molecule has 0 aliphatic heterocycles. The molecule has 0 unspecified atom stereocenters. The third kappa shape index (κ3) is 2.53. The van der Waals surface area contributed by atoms with Crippen LogP contribution in [-0.4, -0.2) is 9.97 Å². The van der Waals surface area contributed by atoms with Gasteiger partial charge in [-0.1, -0.05) is 13.8 Å². The van der Waals surface area contributed by atoms with Crippen LogP contribution in [0.25, 0.3) is 0 Å². The van der Waals surface area contributed by atoms with E-state index in [4.69, 9.17) is 5.73 Å². The van der Waals surface area contributed by atoms with Gasteiger partial charge in [-0.15, -0.1) is 0 Å². The van der Waals surface area contributed by atoms with E-state index in [0.29, 0.717) is 11.7 Å². The summed E-state index contributed by atoms with van der Waals surface area (Å²) in [5.74, 6) is 1.11. The molecule has 0 bridgehead atoms. The Kier molecular flexibility index (Phi) is 2.41. The Labute approximate surface area is 66.7 Å². The average Bonchev–Trinajstić information content (AvgIpc) is 1.85. The van der Waals surface area contributed by atoms with Crippen molar-refractivity contribution in [1.82, 2.24) is 9.97 Å². The second kappa shape index (κ2) is 3.32. The number of nitrogen functional groups attached to an aromatic ring is 1. The molecule has 0 spiro atoms. The monoisotopic (exact) mass is 151 g/mol. The van der Waals surface area contributed by atoms with Crippen molar-refractivity contribution in [2.24, 2.45) is 5.92 Å². The lowest BCUT2D eigenvalue weighted by molar-refractivity contribution is 0.634. The predicted molar refractivity (Wildman–Crippen MR) is 45.0 cm³/mol. The number of hydrogen-bond donors (Lipinski definition) is 1. The van der Waals surface area contributed by atoms with Crippen molar-refractivity contribution in [3.8, 4) is 0 Å². The van der Waals surface area contributed by atoms with Crippen LogP contribution in [0.1, 0.15) is 19.5 Å². The third-order valence-corrected chi connectivity index (χ3v) is 1.32. The zero-order valence-corrected chi connectivity index (χ0v) is 6.91. The largest absolute Gasteiger partial charge is 0.382 e. The lowest BCUT2D eigenvalue weighted by Gasteiger charge is -2.02. The smallest absolute Gasteiger partial charge is 0.142 e. The van der Waals surface area contributed by atoms with Gasteiger partial charge < -0.3 is 5.73 Å². The van der Waals surface area contributed by atoms with Crippen LogP contribution < -0.4 is 5.73 Å². The normalized spacial score (nSPS) is 10.5. The second-order valence-corrected chi connectivity index (χ2v) is 3.03. The first-order valence-electron chi connectivity index (χ1n) is 3.75. The predicted octanol–water partition coefficient (Wildman–Crippen LogP) is 1.26. The van der Waals surface area contributed by atoms with E-state index >= 15 is 0 Å². The maximum absolute atomic E-state index is 5.46. The summed E-state index contributed by atoms with van der Waals surface area (Å²) >= 11 is 0. The van der Waals surface area contributed by atoms with E-state index in [1.165, 1.54) is 0 Å². The molecule has 0 radical (unpaired) electrons. The van der Waals surface area contributed by atoms with E-state index in [-0.39, 0.29) is 0 Å². The topological polar surface area (TPSA) is 51.8 Å². The lowest BCUT2D eigenvalue weighted by atomic mass is 10.1. The SMILES string of the molecule is CC(C)Cc1cncc(N)n1. The second-order valence-electron chi connectivity index (χ2n) is 3.03. The summed E-state index contributed by atoms with van der Waals surface area (Å²) in [5.41, 5.74) is 6.43. The molecule has 0 aromatic carbocycles. The Bertz CT molecular complexity index is 233. The van der Waals surface area contributed by atoms with E-state index in [1.54, 1.807) is 12.4 Å². The van der Waals surface area contributed by atoms with Crippen molar-refractivity contribution >= 4 is 5.82 Å². The van der Waals surface area contributed by atoms with E-state index in [2.05, 4.69) is 23.8 Å². The summed E-state index contributed by atoms with van der Waals surface area (Å²) in [7, 11) is 0. The molecule has 0 fully saturated rings. The molecule has 3 nitrogen and oxygen atoms in total. The molecule has 3 heteroatoms. The van der Waals surface area contributed by atoms with Crippen molar-refractivity contribution in [2.45, 2.75) is 20.3 Å². The molecule has 11 heavy (non-hydrogen) atoms. The van der Waals surface area contributed by atoms with Crippen molar-refractivity contribution in [2.75, 3.05) is 5.73 Å². The Morgan fingerprint density at radius 1 is 1.45 bits per heavy atom. The fourth-order valence-electron chi connectivity index (χ4n) is 0.940. The highest BCUT2D eigenvalue weighted by Crippen LogP contribution is 2.04. The van der Waals surface area contributed by atoms with E-state index in [9.17, 15) is 0 Å². The van der Waals surface area contributed by atoms with Crippen LogP contribution in [0.5, 0.6) is 0 Å². The van der Waals surface area contributed by atoms with Crippen LogP contribution in [0.2, 0.25) is 0 Å². The maximum Gasteiger partial charge on any atom is 0.142 e. The number of nitrogens with two attached hydrogens (primary N) is 1. The molecule has 0 saturated carbocycles. The van der Waals surface area contributed by atoms with Gasteiger partial charge in [0.1, 0.15) is 5.82 Å². The van der Waals surface area contributed by atoms with Gasteiger partial charge in [-0.25, -0.2) is 4.98 Å². The molecule has 2 N–H and O–H groups in total. The van der Waals surface area contributed by atoms with Crippen molar-refractivity contribution in [3.05, 3.63) is 18.1 Å². The van der Waals surface area contributed by atoms with Gasteiger partial charge in [-0.2, -0.15) is 0 Å². The zero-order chi connectivity index (χ0) is 8.27. The first-order valence-corrected chi connectivity index (χ1v) is 3.75. The number of aromatic nitrogens is 2. The van der Waals surface area contributed by atoms with Gasteiger partial charge >= 0.3 is 0 Å². The van der Waals surface area contributed by atoms with Crippen LogP contribution >= 0.6 is 0 Å². The van der Waals surface area contributed by atoms with Crippen LogP contribution in [-0.2, 0) is 6.42 Å². The highest BCUT2D eigenvalue weighted by Gasteiger charge is 1.98. The molecule has 0 amide bonds. The van der Waals surface area contributed by atoms with E-state index in [1.807, 2.05) is 0 Å². The zero-order valence-electron chi connectivity index (χ0n) is 6.91. The number of nitrogens with zero attached hydrogens (tertiary/aromatic N) is 2. The van der Waals surface area contributed by atoms with Crippen LogP contribution in [0.3, 0.4) is 0 Å². The third-order valence-electron chi connectivity index (χ3n) is 1.32. The van der Waals surface area contributed by atoms with Gasteiger partial charge in [0.2, 0.25) is 0 Å². The Hall–Kier alpha value is -1.12. The summed E-state index contributed by atoms with van der Waals surface area (Å²) in [5, 5.41) is 0. The first-order chi connectivity index (χ1) is 5.18. The molecule has 1 aromatic heterocycles. The van der Waals surface area contributed by atoms with Crippen molar-refractivity contribution in [1.29, 1.82) is 0 Å². The summed E-state index contributed by atoms with van der Waals surface area (Å²) in [4.78, 5) is 8.08. The van der Waals surface area contributed by atoms with Crippen molar-refractivity contribution < 1.29 is 0 Å². The molecule has 1 rings (SSSR count). The fourth-order valence-corrected chi connectivity index (χ4v) is 0.940. The quantitative estimate of drug-likeness (QED) is 0.692. The first kappa shape index (κ1) is 7.98. The van der Waals surface area contributed by atoms with Gasteiger partial charge in [0.05, 0.1) is 11.9 Å². The standard InChI is InChI=1S/C8H13N3/c1-6(2)3-7-4-10-5-8(9)11-7/h4-6H,3H2,1-2H3,(H2,9,11).